The van der Waals surface area contributed by atoms with Crippen LogP contribution in [-0.2, 0) is 12.8 Å². The zero-order valence-electron chi connectivity index (χ0n) is 14.1. The summed E-state index contributed by atoms with van der Waals surface area (Å²) in [4.78, 5) is 8.39. The summed E-state index contributed by atoms with van der Waals surface area (Å²) in [6, 6.07) is 7.72. The van der Waals surface area contributed by atoms with Gasteiger partial charge in [0.1, 0.15) is 18.1 Å². The van der Waals surface area contributed by atoms with E-state index in [0.717, 1.165) is 12.1 Å². The maximum absolute atomic E-state index is 12.7. The number of aliphatic hydroxyl groups is 1. The standard InChI is InChI=1S/C18H12F3N5O2/c19-18(20,21)12-1-3-13(4-2-12)28-17-16(22-6-7-23-17)11-5-8-26-14(9-11)24-25-15(26)10-27/h1-9,27H,10H2. The Hall–Kier alpha value is -3.53. The van der Waals surface area contributed by atoms with Gasteiger partial charge in [-0.3, -0.25) is 4.40 Å². The number of ether oxygens (including phenoxy) is 1. The van der Waals surface area contributed by atoms with Gasteiger partial charge in [-0.05, 0) is 36.4 Å². The molecule has 0 bridgehead atoms. The molecule has 0 fully saturated rings. The van der Waals surface area contributed by atoms with Crippen molar-refractivity contribution in [2.45, 2.75) is 12.8 Å². The molecule has 0 spiro atoms. The minimum absolute atomic E-state index is 0.133. The van der Waals surface area contributed by atoms with Crippen molar-refractivity contribution in [3.8, 4) is 22.9 Å². The van der Waals surface area contributed by atoms with Crippen molar-refractivity contribution in [3.63, 3.8) is 0 Å². The van der Waals surface area contributed by atoms with Crippen molar-refractivity contribution < 1.29 is 23.0 Å². The van der Waals surface area contributed by atoms with E-state index in [4.69, 9.17) is 4.74 Å². The summed E-state index contributed by atoms with van der Waals surface area (Å²) in [5.41, 5.74) is 0.738. The molecule has 0 atom stereocenters. The first-order chi connectivity index (χ1) is 13.5. The molecule has 3 aromatic heterocycles. The van der Waals surface area contributed by atoms with Gasteiger partial charge in [-0.25, -0.2) is 9.97 Å². The third kappa shape index (κ3) is 3.37. The Balaban J connectivity index is 1.67. The number of nitrogens with zero attached hydrogens (tertiary/aromatic N) is 5. The van der Waals surface area contributed by atoms with Gasteiger partial charge in [0.15, 0.2) is 11.5 Å². The first kappa shape index (κ1) is 17.9. The maximum atomic E-state index is 12.7. The maximum Gasteiger partial charge on any atom is 0.416 e. The van der Waals surface area contributed by atoms with E-state index in [9.17, 15) is 18.3 Å². The Labute approximate surface area is 156 Å². The second kappa shape index (κ2) is 6.89. The highest BCUT2D eigenvalue weighted by molar-refractivity contribution is 5.68. The first-order valence-electron chi connectivity index (χ1n) is 8.07. The van der Waals surface area contributed by atoms with Crippen LogP contribution in [0, 0.1) is 0 Å². The largest absolute Gasteiger partial charge is 0.437 e. The van der Waals surface area contributed by atoms with Crippen LogP contribution in [0.2, 0.25) is 0 Å². The monoisotopic (exact) mass is 387 g/mol. The molecular formula is C18H12F3N5O2. The molecule has 4 rings (SSSR count). The van der Waals surface area contributed by atoms with E-state index in [0.29, 0.717) is 22.7 Å². The van der Waals surface area contributed by atoms with Gasteiger partial charge in [-0.2, -0.15) is 13.2 Å². The molecule has 0 aliphatic rings. The Kier molecular flexibility index (Phi) is 4.40. The molecule has 142 valence electrons. The average molecular weight is 387 g/mol. The van der Waals surface area contributed by atoms with Crippen LogP contribution in [0.3, 0.4) is 0 Å². The van der Waals surface area contributed by atoms with Crippen LogP contribution in [-0.4, -0.2) is 29.7 Å². The highest BCUT2D eigenvalue weighted by Crippen LogP contribution is 2.33. The van der Waals surface area contributed by atoms with E-state index < -0.39 is 11.7 Å². The van der Waals surface area contributed by atoms with Crippen molar-refractivity contribution in [2.24, 2.45) is 0 Å². The number of aromatic nitrogens is 5. The molecular weight excluding hydrogens is 375 g/mol. The SMILES string of the molecule is OCc1nnc2cc(-c3nccnc3Oc3ccc(C(F)(F)F)cc3)ccn12. The van der Waals surface area contributed by atoms with Crippen LogP contribution in [0.4, 0.5) is 13.2 Å². The fraction of sp³-hybridized carbons (Fsp3) is 0.111. The molecule has 7 nitrogen and oxygen atoms in total. The molecule has 0 aliphatic carbocycles. The normalized spacial score (nSPS) is 11.7. The van der Waals surface area contributed by atoms with Gasteiger partial charge >= 0.3 is 6.18 Å². The Morgan fingerprint density at radius 3 is 2.46 bits per heavy atom. The number of hydrogen-bond acceptors (Lipinski definition) is 6. The van der Waals surface area contributed by atoms with Gasteiger partial charge in [-0.15, -0.1) is 10.2 Å². The smallest absolute Gasteiger partial charge is 0.416 e. The Morgan fingerprint density at radius 2 is 1.75 bits per heavy atom. The van der Waals surface area contributed by atoms with Crippen LogP contribution >= 0.6 is 0 Å². The van der Waals surface area contributed by atoms with E-state index in [-0.39, 0.29) is 18.2 Å². The minimum atomic E-state index is -4.42. The van der Waals surface area contributed by atoms with E-state index in [1.165, 1.54) is 24.5 Å². The lowest BCUT2D eigenvalue weighted by molar-refractivity contribution is -0.137. The van der Waals surface area contributed by atoms with Crippen LogP contribution in [0.25, 0.3) is 16.9 Å². The molecule has 0 saturated heterocycles. The zero-order valence-corrected chi connectivity index (χ0v) is 14.1. The van der Waals surface area contributed by atoms with Crippen LogP contribution in [0.1, 0.15) is 11.4 Å². The molecule has 1 N–H and O–H groups in total. The van der Waals surface area contributed by atoms with Crippen molar-refractivity contribution in [2.75, 3.05) is 0 Å². The number of alkyl halides is 3. The number of halogens is 3. The average Bonchev–Trinajstić information content (AvgIpc) is 3.10. The number of fused-ring (bicyclic) bond motifs is 1. The fourth-order valence-electron chi connectivity index (χ4n) is 2.62. The lowest BCUT2D eigenvalue weighted by atomic mass is 10.2. The summed E-state index contributed by atoms with van der Waals surface area (Å²) in [6.07, 6.45) is 0.147. The van der Waals surface area contributed by atoms with Crippen molar-refractivity contribution in [1.29, 1.82) is 0 Å². The van der Waals surface area contributed by atoms with Crippen LogP contribution in [0.15, 0.2) is 55.0 Å². The van der Waals surface area contributed by atoms with Crippen LogP contribution in [0.5, 0.6) is 11.6 Å². The molecule has 0 saturated carbocycles. The lowest BCUT2D eigenvalue weighted by Gasteiger charge is -2.11. The third-order valence-corrected chi connectivity index (χ3v) is 3.96. The quantitative estimate of drug-likeness (QED) is 0.577. The highest BCUT2D eigenvalue weighted by atomic mass is 19.4. The minimum Gasteiger partial charge on any atom is -0.437 e. The van der Waals surface area contributed by atoms with Gasteiger partial charge in [0.2, 0.25) is 5.88 Å². The number of aliphatic hydroxyl groups excluding tert-OH is 1. The molecule has 1 aromatic carbocycles. The molecule has 0 unspecified atom stereocenters. The lowest BCUT2D eigenvalue weighted by Crippen LogP contribution is -2.04. The summed E-state index contributed by atoms with van der Waals surface area (Å²) in [5.74, 6) is 0.719. The van der Waals surface area contributed by atoms with E-state index in [2.05, 4.69) is 20.2 Å². The van der Waals surface area contributed by atoms with E-state index in [1.807, 2.05) is 0 Å². The van der Waals surface area contributed by atoms with Crippen LogP contribution < -0.4 is 4.74 Å². The number of hydrogen-bond donors (Lipinski definition) is 1. The van der Waals surface area contributed by atoms with Gasteiger partial charge in [0, 0.05) is 24.2 Å². The number of benzene rings is 1. The summed E-state index contributed by atoms with van der Waals surface area (Å²) >= 11 is 0. The van der Waals surface area contributed by atoms with Gasteiger partial charge in [0.25, 0.3) is 0 Å². The van der Waals surface area contributed by atoms with E-state index >= 15 is 0 Å². The molecule has 0 amide bonds. The van der Waals surface area contributed by atoms with Gasteiger partial charge < -0.3 is 9.84 Å². The van der Waals surface area contributed by atoms with Crippen molar-refractivity contribution in [3.05, 3.63) is 66.4 Å². The summed E-state index contributed by atoms with van der Waals surface area (Å²) in [7, 11) is 0. The summed E-state index contributed by atoms with van der Waals surface area (Å²) < 4.78 is 45.4. The fourth-order valence-corrected chi connectivity index (χ4v) is 2.62. The van der Waals surface area contributed by atoms with Crippen molar-refractivity contribution >= 4 is 5.65 Å². The predicted molar refractivity (Wildman–Crippen MR) is 91.5 cm³/mol. The summed E-state index contributed by atoms with van der Waals surface area (Å²) in [6.45, 7) is -0.256. The third-order valence-electron chi connectivity index (χ3n) is 3.96. The first-order valence-corrected chi connectivity index (χ1v) is 8.07. The molecule has 10 heteroatoms. The number of pyridine rings is 1. The van der Waals surface area contributed by atoms with Gasteiger partial charge in [-0.1, -0.05) is 0 Å². The Morgan fingerprint density at radius 1 is 1.00 bits per heavy atom. The molecule has 0 aliphatic heterocycles. The summed E-state index contributed by atoms with van der Waals surface area (Å²) in [5, 5.41) is 17.1. The zero-order chi connectivity index (χ0) is 19.7. The predicted octanol–water partition coefficient (Wildman–Crippen LogP) is 3.49. The van der Waals surface area contributed by atoms with E-state index in [1.54, 1.807) is 22.7 Å². The molecule has 3 heterocycles. The highest BCUT2D eigenvalue weighted by Gasteiger charge is 2.30. The topological polar surface area (TPSA) is 85.4 Å². The molecule has 4 aromatic rings. The second-order valence-corrected chi connectivity index (χ2v) is 5.75. The Bertz CT molecular complexity index is 1130. The second-order valence-electron chi connectivity index (χ2n) is 5.75. The van der Waals surface area contributed by atoms with Gasteiger partial charge in [0.05, 0.1) is 5.56 Å². The molecule has 0 radical (unpaired) electrons. The number of rotatable bonds is 4. The van der Waals surface area contributed by atoms with Crippen molar-refractivity contribution in [1.82, 2.24) is 24.6 Å². The molecule has 28 heavy (non-hydrogen) atoms.